The van der Waals surface area contributed by atoms with Crippen LogP contribution in [0.15, 0.2) is 48.5 Å². The number of nitrogens with zero attached hydrogens (tertiary/aromatic N) is 1. The second-order valence-electron chi connectivity index (χ2n) is 11.2. The van der Waals surface area contributed by atoms with E-state index in [1.807, 2.05) is 30.3 Å². The third-order valence-electron chi connectivity index (χ3n) is 7.96. The van der Waals surface area contributed by atoms with Gasteiger partial charge in [0.15, 0.2) is 0 Å². The lowest BCUT2D eigenvalue weighted by Crippen LogP contribution is -2.53. The third-order valence-corrected chi connectivity index (χ3v) is 7.96. The molecular weight excluding hydrogens is 536 g/mol. The zero-order valence-corrected chi connectivity index (χ0v) is 24.4. The molecule has 5 N–H and O–H groups in total. The minimum Gasteiger partial charge on any atom is -0.491 e. The predicted molar refractivity (Wildman–Crippen MR) is 160 cm³/mol. The van der Waals surface area contributed by atoms with Gasteiger partial charge in [-0.15, -0.1) is 0 Å². The fraction of sp³-hybridized carbons (Fsp3) is 0.531. The van der Waals surface area contributed by atoms with Gasteiger partial charge in [-0.2, -0.15) is 0 Å². The van der Waals surface area contributed by atoms with Crippen LogP contribution in [0.3, 0.4) is 0 Å². The highest BCUT2D eigenvalue weighted by Gasteiger charge is 2.27. The summed E-state index contributed by atoms with van der Waals surface area (Å²) in [4.78, 5) is 40.4. The molecule has 42 heavy (non-hydrogen) atoms. The predicted octanol–water partition coefficient (Wildman–Crippen LogP) is 2.31. The van der Waals surface area contributed by atoms with E-state index in [0.717, 1.165) is 37.7 Å². The zero-order valence-electron chi connectivity index (χ0n) is 24.4. The number of carbonyl (C=O) groups is 3. The van der Waals surface area contributed by atoms with Gasteiger partial charge in [0.2, 0.25) is 11.8 Å². The van der Waals surface area contributed by atoms with E-state index in [-0.39, 0.29) is 43.2 Å². The van der Waals surface area contributed by atoms with E-state index in [1.165, 1.54) is 6.42 Å². The second-order valence-corrected chi connectivity index (χ2v) is 11.2. The van der Waals surface area contributed by atoms with Crippen molar-refractivity contribution in [2.24, 2.45) is 0 Å². The quantitative estimate of drug-likeness (QED) is 0.231. The van der Waals surface area contributed by atoms with E-state index in [2.05, 4.69) is 16.0 Å². The molecule has 0 bridgehead atoms. The van der Waals surface area contributed by atoms with Gasteiger partial charge in [-0.3, -0.25) is 14.4 Å². The standard InChI is InChI=1S/C32H44N4O6/c1-22(31(40)34-25-11-6-3-7-12-25)33-21-29(38)28(17-23-9-4-2-5-10-23)35-32(41)24-18-26(36-14-8-13-30(36)39)20-27(19-24)42-16-15-37/h2,4-5,9-10,18-20,22,25,28-29,33,37-38H,3,6-8,11-17,21H2,1H3,(H,34,40)(H,35,41)/t22-,28-,29-/m0/s1. The average Bonchev–Trinajstić information content (AvgIpc) is 3.44. The van der Waals surface area contributed by atoms with Crippen LogP contribution in [-0.2, 0) is 16.0 Å². The molecule has 228 valence electrons. The highest BCUT2D eigenvalue weighted by atomic mass is 16.5. The fourth-order valence-corrected chi connectivity index (χ4v) is 5.55. The van der Waals surface area contributed by atoms with Crippen LogP contribution in [0, 0.1) is 0 Å². The van der Waals surface area contributed by atoms with Gasteiger partial charge in [-0.1, -0.05) is 49.6 Å². The Bertz CT molecular complexity index is 1190. The van der Waals surface area contributed by atoms with Gasteiger partial charge in [-0.05, 0) is 50.3 Å². The molecule has 1 aliphatic heterocycles. The summed E-state index contributed by atoms with van der Waals surface area (Å²) in [7, 11) is 0. The highest BCUT2D eigenvalue weighted by Crippen LogP contribution is 2.28. The van der Waals surface area contributed by atoms with Gasteiger partial charge in [0.1, 0.15) is 12.4 Å². The molecule has 2 aliphatic rings. The number of benzene rings is 2. The first-order valence-electron chi connectivity index (χ1n) is 15.1. The number of hydrogen-bond acceptors (Lipinski definition) is 7. The van der Waals surface area contributed by atoms with Crippen molar-refractivity contribution in [3.05, 3.63) is 59.7 Å². The maximum atomic E-state index is 13.6. The van der Waals surface area contributed by atoms with Gasteiger partial charge in [0.25, 0.3) is 5.91 Å². The summed E-state index contributed by atoms with van der Waals surface area (Å²) in [6.07, 6.45) is 5.99. The molecule has 1 heterocycles. The maximum Gasteiger partial charge on any atom is 0.251 e. The minimum absolute atomic E-state index is 0.0224. The van der Waals surface area contributed by atoms with Crippen molar-refractivity contribution in [2.75, 3.05) is 31.2 Å². The number of carbonyl (C=O) groups excluding carboxylic acids is 3. The van der Waals surface area contributed by atoms with Crippen LogP contribution in [0.4, 0.5) is 5.69 Å². The minimum atomic E-state index is -0.993. The summed E-state index contributed by atoms with van der Waals surface area (Å²) >= 11 is 0. The number of nitrogens with one attached hydrogen (secondary N) is 3. The van der Waals surface area contributed by atoms with Crippen LogP contribution in [-0.4, -0.2) is 78.5 Å². The normalized spacial score (nSPS) is 17.9. The topological polar surface area (TPSA) is 140 Å². The summed E-state index contributed by atoms with van der Waals surface area (Å²) in [6, 6.07) is 13.5. The van der Waals surface area contributed by atoms with Gasteiger partial charge >= 0.3 is 0 Å². The van der Waals surface area contributed by atoms with E-state index in [0.29, 0.717) is 30.8 Å². The highest BCUT2D eigenvalue weighted by molar-refractivity contribution is 5.99. The molecular formula is C32H44N4O6. The lowest BCUT2D eigenvalue weighted by molar-refractivity contribution is -0.123. The largest absolute Gasteiger partial charge is 0.491 e. The number of anilines is 1. The van der Waals surface area contributed by atoms with E-state index in [9.17, 15) is 24.6 Å². The number of aliphatic hydroxyl groups is 2. The number of rotatable bonds is 14. The Morgan fingerprint density at radius 3 is 2.52 bits per heavy atom. The summed E-state index contributed by atoms with van der Waals surface area (Å²) < 4.78 is 5.61. The maximum absolute atomic E-state index is 13.6. The molecule has 4 rings (SSSR count). The van der Waals surface area contributed by atoms with E-state index >= 15 is 0 Å². The molecule has 0 unspecified atom stereocenters. The van der Waals surface area contributed by atoms with Crippen molar-refractivity contribution in [3.8, 4) is 5.75 Å². The molecule has 2 aromatic rings. The first-order valence-corrected chi connectivity index (χ1v) is 15.1. The summed E-state index contributed by atoms with van der Waals surface area (Å²) in [5.41, 5.74) is 1.77. The Morgan fingerprint density at radius 1 is 1.07 bits per heavy atom. The molecule has 10 nitrogen and oxygen atoms in total. The Kier molecular flexibility index (Phi) is 11.7. The van der Waals surface area contributed by atoms with Crippen LogP contribution in [0.1, 0.15) is 67.8 Å². The van der Waals surface area contributed by atoms with Gasteiger partial charge in [-0.25, -0.2) is 0 Å². The van der Waals surface area contributed by atoms with Gasteiger partial charge < -0.3 is 35.8 Å². The van der Waals surface area contributed by atoms with E-state index in [1.54, 1.807) is 30.0 Å². The van der Waals surface area contributed by atoms with Crippen molar-refractivity contribution >= 4 is 23.4 Å². The van der Waals surface area contributed by atoms with Gasteiger partial charge in [0, 0.05) is 42.9 Å². The molecule has 1 saturated carbocycles. The molecule has 10 heteroatoms. The zero-order chi connectivity index (χ0) is 29.9. The van der Waals surface area contributed by atoms with Crippen molar-refractivity contribution in [1.82, 2.24) is 16.0 Å². The number of amides is 3. The lowest BCUT2D eigenvalue weighted by atomic mass is 9.95. The summed E-state index contributed by atoms with van der Waals surface area (Å²) in [5, 5.41) is 29.7. The number of ether oxygens (including phenoxy) is 1. The molecule has 2 aromatic carbocycles. The van der Waals surface area contributed by atoms with Crippen LogP contribution in [0.2, 0.25) is 0 Å². The molecule has 1 saturated heterocycles. The van der Waals surface area contributed by atoms with Crippen molar-refractivity contribution < 1.29 is 29.3 Å². The van der Waals surface area contributed by atoms with Crippen LogP contribution >= 0.6 is 0 Å². The monoisotopic (exact) mass is 580 g/mol. The first-order chi connectivity index (χ1) is 20.3. The van der Waals surface area contributed by atoms with Gasteiger partial charge in [0.05, 0.1) is 24.8 Å². The molecule has 0 radical (unpaired) electrons. The summed E-state index contributed by atoms with van der Waals surface area (Å²) in [5.74, 6) is -0.182. The van der Waals surface area contributed by atoms with Crippen molar-refractivity contribution in [1.29, 1.82) is 0 Å². The number of hydrogen-bond donors (Lipinski definition) is 5. The number of aliphatic hydroxyl groups excluding tert-OH is 2. The fourth-order valence-electron chi connectivity index (χ4n) is 5.55. The molecule has 0 spiro atoms. The molecule has 1 aliphatic carbocycles. The Hall–Kier alpha value is -3.47. The van der Waals surface area contributed by atoms with Crippen LogP contribution < -0.4 is 25.6 Å². The van der Waals surface area contributed by atoms with Crippen molar-refractivity contribution in [2.45, 2.75) is 82.5 Å². The SMILES string of the molecule is C[C@H](NC[C@H](O)[C@H](Cc1ccccc1)NC(=O)c1cc(OCCO)cc(N2CCCC2=O)c1)C(=O)NC1CCCCC1. The van der Waals surface area contributed by atoms with Crippen LogP contribution in [0.25, 0.3) is 0 Å². The van der Waals surface area contributed by atoms with E-state index in [4.69, 9.17) is 4.74 Å². The molecule has 3 amide bonds. The Labute approximate surface area is 247 Å². The average molecular weight is 581 g/mol. The second kappa shape index (κ2) is 15.7. The Morgan fingerprint density at radius 2 is 1.83 bits per heavy atom. The third kappa shape index (κ3) is 9.01. The lowest BCUT2D eigenvalue weighted by Gasteiger charge is -2.28. The molecule has 3 atom stereocenters. The Balaban J connectivity index is 1.46. The molecule has 0 aromatic heterocycles. The van der Waals surface area contributed by atoms with Crippen molar-refractivity contribution in [3.63, 3.8) is 0 Å². The van der Waals surface area contributed by atoms with Crippen LogP contribution in [0.5, 0.6) is 5.75 Å². The smallest absolute Gasteiger partial charge is 0.251 e. The first kappa shape index (κ1) is 31.5. The molecule has 2 fully saturated rings. The summed E-state index contributed by atoms with van der Waals surface area (Å²) in [6.45, 7) is 2.28. The van der Waals surface area contributed by atoms with E-state index < -0.39 is 24.1 Å².